The lowest BCUT2D eigenvalue weighted by Crippen LogP contribution is -2.57. The molecular formula is C21H35NO3. The fourth-order valence-electron chi connectivity index (χ4n) is 8.01. The SMILES string of the molecule is C[C@]12CCC3(C[C@@H]1CC[C@@H]1[C@@H]2CC[C@]2(C)[C@H](N)[C@@H](O)C[C@@H]12)OCCO3. The van der Waals surface area contributed by atoms with Gasteiger partial charge in [-0.25, -0.2) is 0 Å². The van der Waals surface area contributed by atoms with Crippen LogP contribution in [0.5, 0.6) is 0 Å². The highest BCUT2D eigenvalue weighted by Gasteiger charge is 2.63. The highest BCUT2D eigenvalue weighted by molar-refractivity contribution is 5.13. The molecule has 5 aliphatic rings. The Morgan fingerprint density at radius 3 is 2.44 bits per heavy atom. The number of rotatable bonds is 0. The zero-order valence-corrected chi connectivity index (χ0v) is 15.9. The van der Waals surface area contributed by atoms with Gasteiger partial charge in [-0.1, -0.05) is 13.8 Å². The molecule has 8 atom stereocenters. The molecule has 0 aromatic heterocycles. The molecule has 4 saturated carbocycles. The van der Waals surface area contributed by atoms with Crippen LogP contribution in [0.4, 0.5) is 0 Å². The number of fused-ring (bicyclic) bond motifs is 5. The van der Waals surface area contributed by atoms with Gasteiger partial charge in [0.05, 0.1) is 19.3 Å². The summed E-state index contributed by atoms with van der Waals surface area (Å²) in [6.07, 6.45) is 9.10. The minimum Gasteiger partial charge on any atom is -0.391 e. The largest absolute Gasteiger partial charge is 0.391 e. The van der Waals surface area contributed by atoms with E-state index in [1.165, 1.54) is 32.1 Å². The maximum Gasteiger partial charge on any atom is 0.168 e. The van der Waals surface area contributed by atoms with Crippen molar-refractivity contribution in [2.45, 2.75) is 83.1 Å². The van der Waals surface area contributed by atoms with Gasteiger partial charge in [-0.3, -0.25) is 0 Å². The van der Waals surface area contributed by atoms with E-state index in [2.05, 4.69) is 13.8 Å². The molecule has 1 aliphatic heterocycles. The van der Waals surface area contributed by atoms with E-state index in [0.717, 1.165) is 50.2 Å². The lowest BCUT2D eigenvalue weighted by molar-refractivity contribution is -0.229. The average Bonchev–Trinajstić information content (AvgIpc) is 3.13. The van der Waals surface area contributed by atoms with Gasteiger partial charge in [-0.15, -0.1) is 0 Å². The second-order valence-electron chi connectivity index (χ2n) is 10.3. The second kappa shape index (κ2) is 5.43. The molecule has 0 aromatic rings. The van der Waals surface area contributed by atoms with Crippen LogP contribution in [0.3, 0.4) is 0 Å². The average molecular weight is 350 g/mol. The Hall–Kier alpha value is -0.160. The first-order valence-corrected chi connectivity index (χ1v) is 10.6. The number of ether oxygens (including phenoxy) is 2. The molecule has 0 amide bonds. The second-order valence-corrected chi connectivity index (χ2v) is 10.3. The maximum absolute atomic E-state index is 10.5. The molecule has 5 fully saturated rings. The van der Waals surface area contributed by atoms with Crippen molar-refractivity contribution in [3.8, 4) is 0 Å². The summed E-state index contributed by atoms with van der Waals surface area (Å²) in [4.78, 5) is 0. The van der Waals surface area contributed by atoms with Crippen LogP contribution in [-0.4, -0.2) is 36.3 Å². The van der Waals surface area contributed by atoms with Crippen molar-refractivity contribution in [2.75, 3.05) is 13.2 Å². The van der Waals surface area contributed by atoms with E-state index in [-0.39, 0.29) is 23.3 Å². The highest BCUT2D eigenvalue weighted by Crippen LogP contribution is 2.67. The first-order valence-electron chi connectivity index (χ1n) is 10.6. The summed E-state index contributed by atoms with van der Waals surface area (Å²) in [6, 6.07) is -0.0288. The van der Waals surface area contributed by atoms with Gasteiger partial charge in [-0.2, -0.15) is 0 Å². The lowest BCUT2D eigenvalue weighted by Gasteiger charge is -2.61. The number of aliphatic hydroxyl groups excluding tert-OH is 1. The molecule has 1 saturated heterocycles. The van der Waals surface area contributed by atoms with Crippen LogP contribution in [0, 0.1) is 34.5 Å². The maximum atomic E-state index is 10.5. The first kappa shape index (κ1) is 17.0. The minimum absolute atomic E-state index is 0.0288. The summed E-state index contributed by atoms with van der Waals surface area (Å²) >= 11 is 0. The number of nitrogens with two attached hydrogens (primary N) is 1. The Labute approximate surface area is 151 Å². The fraction of sp³-hybridized carbons (Fsp3) is 1.00. The van der Waals surface area contributed by atoms with E-state index < -0.39 is 0 Å². The van der Waals surface area contributed by atoms with Gasteiger partial charge in [0.25, 0.3) is 0 Å². The van der Waals surface area contributed by atoms with Gasteiger partial charge in [0, 0.05) is 18.9 Å². The van der Waals surface area contributed by atoms with Crippen LogP contribution in [0.25, 0.3) is 0 Å². The van der Waals surface area contributed by atoms with Gasteiger partial charge in [0.1, 0.15) is 0 Å². The molecule has 5 rings (SSSR count). The fourth-order valence-corrected chi connectivity index (χ4v) is 8.01. The molecule has 0 bridgehead atoms. The van der Waals surface area contributed by atoms with E-state index in [1.807, 2.05) is 0 Å². The summed E-state index contributed by atoms with van der Waals surface area (Å²) < 4.78 is 12.1. The summed E-state index contributed by atoms with van der Waals surface area (Å²) in [5.74, 6) is 2.63. The molecule has 1 spiro atoms. The zero-order chi connectivity index (χ0) is 17.4. The monoisotopic (exact) mass is 349 g/mol. The van der Waals surface area contributed by atoms with Crippen LogP contribution >= 0.6 is 0 Å². The van der Waals surface area contributed by atoms with Gasteiger partial charge in [-0.05, 0) is 73.0 Å². The van der Waals surface area contributed by atoms with Gasteiger partial charge in [0.2, 0.25) is 0 Å². The molecule has 0 aromatic carbocycles. The highest BCUT2D eigenvalue weighted by atomic mass is 16.7. The summed E-state index contributed by atoms with van der Waals surface area (Å²) in [5, 5.41) is 10.5. The Morgan fingerprint density at radius 1 is 0.920 bits per heavy atom. The standard InChI is InChI=1S/C21H35NO3/c1-19-7-8-21(24-9-10-25-21)12-13(19)3-4-14-15(19)5-6-20(2)16(14)11-17(23)18(20)22/h13-18,23H,3-12,22H2,1-2H3/t13-,14+,15-,16-,17-,18+,19-,20-/m0/s1. The molecule has 0 unspecified atom stereocenters. The Morgan fingerprint density at radius 2 is 1.68 bits per heavy atom. The third-order valence-corrected chi connectivity index (χ3v) is 9.59. The number of hydrogen-bond acceptors (Lipinski definition) is 4. The van der Waals surface area contributed by atoms with E-state index in [1.54, 1.807) is 0 Å². The van der Waals surface area contributed by atoms with Crippen molar-refractivity contribution < 1.29 is 14.6 Å². The van der Waals surface area contributed by atoms with Crippen molar-refractivity contribution >= 4 is 0 Å². The third-order valence-electron chi connectivity index (χ3n) is 9.59. The quantitative estimate of drug-likeness (QED) is 0.705. The predicted octanol–water partition coefficient (Wildman–Crippen LogP) is 3.07. The van der Waals surface area contributed by atoms with E-state index in [0.29, 0.717) is 11.3 Å². The molecule has 25 heavy (non-hydrogen) atoms. The molecule has 0 radical (unpaired) electrons. The van der Waals surface area contributed by atoms with Crippen molar-refractivity contribution in [3.63, 3.8) is 0 Å². The Kier molecular flexibility index (Phi) is 3.69. The van der Waals surface area contributed by atoms with E-state index >= 15 is 0 Å². The van der Waals surface area contributed by atoms with E-state index in [9.17, 15) is 5.11 Å². The Bertz CT molecular complexity index is 547. The van der Waals surface area contributed by atoms with Gasteiger partial charge >= 0.3 is 0 Å². The number of aliphatic hydroxyl groups is 1. The molecule has 3 N–H and O–H groups in total. The van der Waals surface area contributed by atoms with Crippen molar-refractivity contribution in [1.29, 1.82) is 0 Å². The third kappa shape index (κ3) is 2.20. The smallest absolute Gasteiger partial charge is 0.168 e. The zero-order valence-electron chi connectivity index (χ0n) is 15.9. The lowest BCUT2D eigenvalue weighted by atomic mass is 9.45. The van der Waals surface area contributed by atoms with Crippen molar-refractivity contribution in [2.24, 2.45) is 40.2 Å². The van der Waals surface area contributed by atoms with Crippen LogP contribution in [-0.2, 0) is 9.47 Å². The van der Waals surface area contributed by atoms with Gasteiger partial charge < -0.3 is 20.3 Å². The minimum atomic E-state index is -0.297. The first-order chi connectivity index (χ1) is 11.9. The van der Waals surface area contributed by atoms with E-state index in [4.69, 9.17) is 15.2 Å². The molecule has 1 heterocycles. The summed E-state index contributed by atoms with van der Waals surface area (Å²) in [6.45, 7) is 6.46. The molecular weight excluding hydrogens is 314 g/mol. The normalized spacial score (nSPS) is 57.1. The van der Waals surface area contributed by atoms with Crippen molar-refractivity contribution in [1.82, 2.24) is 0 Å². The van der Waals surface area contributed by atoms with Crippen LogP contribution in [0.1, 0.15) is 65.2 Å². The Balaban J connectivity index is 1.41. The molecule has 142 valence electrons. The predicted molar refractivity (Wildman–Crippen MR) is 95.7 cm³/mol. The summed E-state index contributed by atoms with van der Waals surface area (Å²) in [5.41, 5.74) is 7.02. The topological polar surface area (TPSA) is 64.7 Å². The summed E-state index contributed by atoms with van der Waals surface area (Å²) in [7, 11) is 0. The van der Waals surface area contributed by atoms with Crippen molar-refractivity contribution in [3.05, 3.63) is 0 Å². The van der Waals surface area contributed by atoms with Crippen LogP contribution < -0.4 is 5.73 Å². The van der Waals surface area contributed by atoms with Crippen LogP contribution in [0.2, 0.25) is 0 Å². The molecule has 4 aliphatic carbocycles. The molecule has 4 heteroatoms. The van der Waals surface area contributed by atoms with Gasteiger partial charge in [0.15, 0.2) is 5.79 Å². The number of hydrogen-bond donors (Lipinski definition) is 2. The van der Waals surface area contributed by atoms with Crippen LogP contribution in [0.15, 0.2) is 0 Å². The molecule has 4 nitrogen and oxygen atoms in total.